The first-order chi connectivity index (χ1) is 13.6. The van der Waals surface area contributed by atoms with Crippen molar-refractivity contribution in [2.75, 3.05) is 26.2 Å². The third kappa shape index (κ3) is 4.47. The summed E-state index contributed by atoms with van der Waals surface area (Å²) in [6.45, 7) is 4.09. The maximum Gasteiger partial charge on any atom is 0.320 e. The molecule has 6 heteroatoms. The molecule has 28 heavy (non-hydrogen) atoms. The van der Waals surface area contributed by atoms with Gasteiger partial charge in [0.2, 0.25) is 0 Å². The minimum Gasteiger partial charge on any atom is -0.481 e. The Morgan fingerprint density at radius 2 is 1.54 bits per heavy atom. The Labute approximate surface area is 169 Å². The molecule has 2 saturated heterocycles. The molecule has 158 valence electrons. The summed E-state index contributed by atoms with van der Waals surface area (Å²) in [6, 6.07) is 1.10. The number of nitrogens with one attached hydrogen (secondary N) is 1. The first kappa shape index (κ1) is 20.0. The molecule has 0 bridgehead atoms. The van der Waals surface area contributed by atoms with Crippen molar-refractivity contribution in [2.45, 2.75) is 82.7 Å². The maximum atomic E-state index is 13.2. The molecule has 2 heterocycles. The molecule has 0 spiro atoms. The van der Waals surface area contributed by atoms with Gasteiger partial charge < -0.3 is 20.2 Å². The summed E-state index contributed by atoms with van der Waals surface area (Å²) < 4.78 is 0. The lowest BCUT2D eigenvalue weighted by molar-refractivity contribution is -0.137. The number of amides is 2. The Hall–Kier alpha value is -1.30. The third-order valence-corrected chi connectivity index (χ3v) is 8.03. The van der Waals surface area contributed by atoms with Crippen molar-refractivity contribution in [3.05, 3.63) is 0 Å². The van der Waals surface area contributed by atoms with Crippen LogP contribution in [0.15, 0.2) is 0 Å². The van der Waals surface area contributed by atoms with E-state index in [9.17, 15) is 9.59 Å². The van der Waals surface area contributed by atoms with E-state index in [1.807, 2.05) is 0 Å². The Bertz CT molecular complexity index is 561. The third-order valence-electron chi connectivity index (χ3n) is 8.03. The van der Waals surface area contributed by atoms with E-state index >= 15 is 0 Å². The zero-order valence-electron chi connectivity index (χ0n) is 17.2. The van der Waals surface area contributed by atoms with E-state index in [1.165, 1.54) is 32.1 Å². The number of carbonyl (C=O) groups is 2. The number of urea groups is 1. The molecule has 3 unspecified atom stereocenters. The molecule has 2 aliphatic carbocycles. The molecule has 3 atom stereocenters. The summed E-state index contributed by atoms with van der Waals surface area (Å²) in [5.74, 6) is 1.49. The van der Waals surface area contributed by atoms with Crippen LogP contribution in [0.2, 0.25) is 0 Å². The second-order valence-electron chi connectivity index (χ2n) is 9.59. The number of fused-ring (bicyclic) bond motifs is 1. The minimum atomic E-state index is -0.688. The van der Waals surface area contributed by atoms with E-state index < -0.39 is 5.97 Å². The van der Waals surface area contributed by atoms with Gasteiger partial charge in [0.15, 0.2) is 0 Å². The van der Waals surface area contributed by atoms with Gasteiger partial charge in [-0.05, 0) is 95.1 Å². The molecule has 4 aliphatic rings. The van der Waals surface area contributed by atoms with E-state index in [0.717, 1.165) is 70.1 Å². The molecular formula is C22H37N3O3. The molecule has 2 N–H and O–H groups in total. The monoisotopic (exact) mass is 391 g/mol. The fraction of sp³-hybridized carbons (Fsp3) is 0.909. The molecule has 2 saturated carbocycles. The Morgan fingerprint density at radius 3 is 2.25 bits per heavy atom. The summed E-state index contributed by atoms with van der Waals surface area (Å²) >= 11 is 0. The largest absolute Gasteiger partial charge is 0.481 e. The molecule has 0 aromatic rings. The highest BCUT2D eigenvalue weighted by molar-refractivity contribution is 5.77. The second-order valence-corrected chi connectivity index (χ2v) is 9.59. The van der Waals surface area contributed by atoms with E-state index in [4.69, 9.17) is 5.11 Å². The summed E-state index contributed by atoms with van der Waals surface area (Å²) in [5.41, 5.74) is 0. The molecule has 0 aromatic carbocycles. The highest BCUT2D eigenvalue weighted by Gasteiger charge is 2.41. The van der Waals surface area contributed by atoms with Crippen LogP contribution in [0.3, 0.4) is 0 Å². The minimum absolute atomic E-state index is 0.282. The van der Waals surface area contributed by atoms with Crippen LogP contribution >= 0.6 is 0 Å². The molecule has 0 radical (unpaired) electrons. The Kier molecular flexibility index (Phi) is 6.44. The number of hydrogen-bond donors (Lipinski definition) is 2. The number of aliphatic carboxylic acids is 1. The highest BCUT2D eigenvalue weighted by atomic mass is 16.4. The van der Waals surface area contributed by atoms with E-state index in [2.05, 4.69) is 15.1 Å². The van der Waals surface area contributed by atoms with Gasteiger partial charge in [-0.15, -0.1) is 0 Å². The summed E-state index contributed by atoms with van der Waals surface area (Å²) in [5, 5.41) is 12.4. The summed E-state index contributed by atoms with van der Waals surface area (Å²) in [4.78, 5) is 28.3. The lowest BCUT2D eigenvalue weighted by atomic mass is 9.74. The van der Waals surface area contributed by atoms with Crippen LogP contribution in [-0.4, -0.2) is 65.2 Å². The van der Waals surface area contributed by atoms with Crippen molar-refractivity contribution >= 4 is 12.0 Å². The van der Waals surface area contributed by atoms with Gasteiger partial charge in [0.25, 0.3) is 0 Å². The first-order valence-corrected chi connectivity index (χ1v) is 11.6. The van der Waals surface area contributed by atoms with Crippen molar-refractivity contribution in [1.82, 2.24) is 15.1 Å². The number of rotatable bonds is 5. The van der Waals surface area contributed by atoms with Crippen LogP contribution in [0.1, 0.15) is 70.6 Å². The molecule has 4 rings (SSSR count). The van der Waals surface area contributed by atoms with E-state index in [0.29, 0.717) is 18.0 Å². The normalized spacial score (nSPS) is 36.9. The number of carboxylic acids is 1. The average molecular weight is 392 g/mol. The van der Waals surface area contributed by atoms with Gasteiger partial charge >= 0.3 is 12.0 Å². The topological polar surface area (TPSA) is 72.9 Å². The maximum absolute atomic E-state index is 13.2. The second kappa shape index (κ2) is 9.02. The van der Waals surface area contributed by atoms with Crippen molar-refractivity contribution in [2.24, 2.45) is 17.8 Å². The Morgan fingerprint density at radius 1 is 0.893 bits per heavy atom. The molecule has 0 aromatic heterocycles. The van der Waals surface area contributed by atoms with Gasteiger partial charge in [0, 0.05) is 31.6 Å². The van der Waals surface area contributed by atoms with Crippen molar-refractivity contribution in [3.8, 4) is 0 Å². The van der Waals surface area contributed by atoms with Crippen LogP contribution < -0.4 is 5.32 Å². The van der Waals surface area contributed by atoms with Gasteiger partial charge in [-0.25, -0.2) is 4.79 Å². The van der Waals surface area contributed by atoms with Gasteiger partial charge in [0.1, 0.15) is 0 Å². The van der Waals surface area contributed by atoms with Crippen LogP contribution in [0, 0.1) is 17.8 Å². The quantitative estimate of drug-likeness (QED) is 0.754. The molecule has 2 amide bonds. The van der Waals surface area contributed by atoms with Gasteiger partial charge in [-0.3, -0.25) is 4.79 Å². The zero-order chi connectivity index (χ0) is 19.5. The molecule has 2 aliphatic heterocycles. The fourth-order valence-electron chi connectivity index (χ4n) is 6.34. The predicted octanol–water partition coefficient (Wildman–Crippen LogP) is 3.32. The van der Waals surface area contributed by atoms with Gasteiger partial charge in [-0.2, -0.15) is 0 Å². The van der Waals surface area contributed by atoms with Gasteiger partial charge in [0.05, 0.1) is 0 Å². The predicted molar refractivity (Wildman–Crippen MR) is 108 cm³/mol. The fourth-order valence-corrected chi connectivity index (χ4v) is 6.34. The van der Waals surface area contributed by atoms with Crippen molar-refractivity contribution in [3.63, 3.8) is 0 Å². The lowest BCUT2D eigenvalue weighted by Gasteiger charge is -2.40. The standard InChI is InChI=1S/C22H37N3O3/c26-21(27)8-3-16-1-5-19(6-2-16)24-13-14-25(22(24)28)20-7-4-17-9-11-23-12-10-18(17)15-20/h16-20,23H,1-15H2,(H,26,27). The summed E-state index contributed by atoms with van der Waals surface area (Å²) in [6.07, 6.45) is 11.6. The Balaban J connectivity index is 1.28. The van der Waals surface area contributed by atoms with Crippen LogP contribution in [0.4, 0.5) is 4.79 Å². The number of carbonyl (C=O) groups excluding carboxylic acids is 1. The SMILES string of the molecule is O=C(O)CCC1CCC(N2CCN(C3CCC4CCNCCC4C3)C2=O)CC1. The van der Waals surface area contributed by atoms with Crippen LogP contribution in [-0.2, 0) is 4.79 Å². The molecule has 4 fully saturated rings. The van der Waals surface area contributed by atoms with Gasteiger partial charge in [-0.1, -0.05) is 0 Å². The van der Waals surface area contributed by atoms with Crippen molar-refractivity contribution in [1.29, 1.82) is 0 Å². The first-order valence-electron chi connectivity index (χ1n) is 11.6. The number of hydrogen-bond acceptors (Lipinski definition) is 3. The van der Waals surface area contributed by atoms with E-state index in [1.54, 1.807) is 0 Å². The smallest absolute Gasteiger partial charge is 0.320 e. The number of carboxylic acid groups (broad SMARTS) is 1. The van der Waals surface area contributed by atoms with E-state index in [-0.39, 0.29) is 12.5 Å². The summed E-state index contributed by atoms with van der Waals surface area (Å²) in [7, 11) is 0. The molecular weight excluding hydrogens is 354 g/mol. The van der Waals surface area contributed by atoms with Crippen LogP contribution in [0.5, 0.6) is 0 Å². The van der Waals surface area contributed by atoms with Crippen LogP contribution in [0.25, 0.3) is 0 Å². The lowest BCUT2D eigenvalue weighted by Crippen LogP contribution is -2.46. The van der Waals surface area contributed by atoms with Crippen molar-refractivity contribution < 1.29 is 14.7 Å². The zero-order valence-corrected chi connectivity index (χ0v) is 17.2. The highest BCUT2D eigenvalue weighted by Crippen LogP contribution is 2.39. The number of nitrogens with zero attached hydrogens (tertiary/aromatic N) is 2. The average Bonchev–Trinajstić information content (AvgIpc) is 2.93. The molecule has 6 nitrogen and oxygen atoms in total.